The van der Waals surface area contributed by atoms with Gasteiger partial charge in [-0.3, -0.25) is 14.3 Å². The summed E-state index contributed by atoms with van der Waals surface area (Å²) in [6.45, 7) is -0.694. The Kier molecular flexibility index (Phi) is 3.60. The van der Waals surface area contributed by atoms with Crippen molar-refractivity contribution in [1.29, 1.82) is 5.26 Å². The molecule has 2 rings (SSSR count). The highest BCUT2D eigenvalue weighted by molar-refractivity contribution is 9.10. The van der Waals surface area contributed by atoms with E-state index in [4.69, 9.17) is 15.1 Å². The molecule has 0 amide bonds. The van der Waals surface area contributed by atoms with Gasteiger partial charge in [-0.05, 0) is 15.9 Å². The third kappa shape index (κ3) is 2.23. The van der Waals surface area contributed by atoms with E-state index in [0.29, 0.717) is 0 Å². The SMILES string of the molecule is N#C[C@]1(CO)O[C@@H](n2cc(Br)c(=O)[nH]c2=O)C[C@@H]1O. The van der Waals surface area contributed by atoms with E-state index in [0.717, 1.165) is 4.57 Å². The lowest BCUT2D eigenvalue weighted by Crippen LogP contribution is -2.41. The van der Waals surface area contributed by atoms with E-state index in [2.05, 4.69) is 20.9 Å². The van der Waals surface area contributed by atoms with Crippen LogP contribution >= 0.6 is 15.9 Å². The third-order valence-electron chi connectivity index (χ3n) is 2.97. The Morgan fingerprint density at radius 3 is 2.89 bits per heavy atom. The van der Waals surface area contributed by atoms with Crippen molar-refractivity contribution in [3.05, 3.63) is 31.5 Å². The second kappa shape index (κ2) is 4.90. The van der Waals surface area contributed by atoms with Gasteiger partial charge in [-0.15, -0.1) is 0 Å². The second-order valence-electron chi connectivity index (χ2n) is 4.13. The van der Waals surface area contributed by atoms with E-state index in [1.165, 1.54) is 6.20 Å². The molecule has 0 aliphatic carbocycles. The van der Waals surface area contributed by atoms with Crippen LogP contribution in [-0.2, 0) is 4.74 Å². The number of aromatic amines is 1. The third-order valence-corrected chi connectivity index (χ3v) is 3.53. The van der Waals surface area contributed by atoms with Gasteiger partial charge in [-0.1, -0.05) is 0 Å². The van der Waals surface area contributed by atoms with E-state index in [1.54, 1.807) is 6.07 Å². The topological polar surface area (TPSA) is 128 Å². The van der Waals surface area contributed by atoms with Crippen molar-refractivity contribution >= 4 is 15.9 Å². The number of nitriles is 1. The molecule has 1 aliphatic rings. The molecule has 102 valence electrons. The molecule has 0 unspecified atom stereocenters. The molecule has 9 heteroatoms. The Hall–Kier alpha value is -1.47. The summed E-state index contributed by atoms with van der Waals surface area (Å²) in [4.78, 5) is 24.9. The van der Waals surface area contributed by atoms with Crippen molar-refractivity contribution in [2.45, 2.75) is 24.4 Å². The monoisotopic (exact) mass is 331 g/mol. The van der Waals surface area contributed by atoms with Gasteiger partial charge in [0.2, 0.25) is 5.60 Å². The summed E-state index contributed by atoms with van der Waals surface area (Å²) < 4.78 is 6.44. The van der Waals surface area contributed by atoms with Crippen LogP contribution < -0.4 is 11.2 Å². The maximum atomic E-state index is 11.7. The van der Waals surface area contributed by atoms with Crippen molar-refractivity contribution in [2.75, 3.05) is 6.61 Å². The fraction of sp³-hybridized carbons (Fsp3) is 0.500. The molecule has 0 radical (unpaired) electrons. The molecule has 1 aromatic heterocycles. The highest BCUT2D eigenvalue weighted by Gasteiger charge is 2.49. The lowest BCUT2D eigenvalue weighted by atomic mass is 10.00. The lowest BCUT2D eigenvalue weighted by molar-refractivity contribution is -0.0925. The molecule has 3 atom stereocenters. The smallest absolute Gasteiger partial charge is 0.330 e. The van der Waals surface area contributed by atoms with E-state index in [9.17, 15) is 14.7 Å². The number of hydrogen-bond donors (Lipinski definition) is 3. The molecular formula is C10H10BrN3O5. The predicted octanol–water partition coefficient (Wildman–Crippen LogP) is -1.17. The number of aliphatic hydroxyl groups excluding tert-OH is 2. The fourth-order valence-electron chi connectivity index (χ4n) is 1.87. The summed E-state index contributed by atoms with van der Waals surface area (Å²) in [5.41, 5.74) is -3.07. The zero-order valence-corrected chi connectivity index (χ0v) is 11.1. The Bertz CT molecular complexity index is 648. The molecule has 8 nitrogen and oxygen atoms in total. The molecule has 19 heavy (non-hydrogen) atoms. The second-order valence-corrected chi connectivity index (χ2v) is 4.98. The molecule has 0 saturated carbocycles. The zero-order valence-electron chi connectivity index (χ0n) is 9.54. The van der Waals surface area contributed by atoms with Crippen LogP contribution in [0.25, 0.3) is 0 Å². The summed E-state index contributed by atoms with van der Waals surface area (Å²) >= 11 is 2.97. The Labute approximate surface area is 115 Å². The number of hydrogen-bond acceptors (Lipinski definition) is 6. The molecule has 3 N–H and O–H groups in total. The summed E-state index contributed by atoms with van der Waals surface area (Å²) in [6.07, 6.45) is -1.01. The zero-order chi connectivity index (χ0) is 14.2. The molecule has 1 saturated heterocycles. The standard InChI is InChI=1S/C10H10BrN3O5/c11-5-2-14(9(18)13-8(5)17)7-1-6(16)10(3-12,4-15)19-7/h2,6-7,15-16H,1,4H2,(H,13,17,18)/t6-,7+,10+/m0/s1. The minimum absolute atomic E-state index is 0.0491. The number of rotatable bonds is 2. The van der Waals surface area contributed by atoms with Gasteiger partial charge in [-0.2, -0.15) is 5.26 Å². The molecule has 0 aromatic carbocycles. The van der Waals surface area contributed by atoms with Crippen molar-refractivity contribution in [1.82, 2.24) is 9.55 Å². The van der Waals surface area contributed by atoms with Crippen LogP contribution in [0, 0.1) is 11.3 Å². The van der Waals surface area contributed by atoms with Gasteiger partial charge < -0.3 is 14.9 Å². The first-order valence-corrected chi connectivity index (χ1v) is 6.12. The fourth-order valence-corrected chi connectivity index (χ4v) is 2.19. The van der Waals surface area contributed by atoms with Gasteiger partial charge in [0.15, 0.2) is 0 Å². The van der Waals surface area contributed by atoms with E-state index in [-0.39, 0.29) is 10.9 Å². The van der Waals surface area contributed by atoms with E-state index >= 15 is 0 Å². The van der Waals surface area contributed by atoms with Gasteiger partial charge in [-0.25, -0.2) is 4.79 Å². The summed E-state index contributed by atoms with van der Waals surface area (Å²) in [5.74, 6) is 0. The summed E-state index contributed by atoms with van der Waals surface area (Å²) in [6, 6.07) is 1.70. The first-order chi connectivity index (χ1) is 8.93. The van der Waals surface area contributed by atoms with E-state index in [1.807, 2.05) is 0 Å². The lowest BCUT2D eigenvalue weighted by Gasteiger charge is -2.21. The number of ether oxygens (including phenoxy) is 1. The molecule has 1 aliphatic heterocycles. The largest absolute Gasteiger partial charge is 0.392 e. The van der Waals surface area contributed by atoms with Gasteiger partial charge in [0.25, 0.3) is 5.56 Å². The van der Waals surface area contributed by atoms with Crippen LogP contribution in [0.4, 0.5) is 0 Å². The molecule has 2 heterocycles. The quantitative estimate of drug-likeness (QED) is 0.626. The van der Waals surface area contributed by atoms with Gasteiger partial charge in [0.05, 0.1) is 11.1 Å². The molecular weight excluding hydrogens is 322 g/mol. The number of aromatic nitrogens is 2. The number of aliphatic hydroxyl groups is 2. The predicted molar refractivity (Wildman–Crippen MR) is 65.2 cm³/mol. The number of nitrogens with one attached hydrogen (secondary N) is 1. The van der Waals surface area contributed by atoms with Crippen LogP contribution in [0.2, 0.25) is 0 Å². The van der Waals surface area contributed by atoms with Crippen LogP contribution in [-0.4, -0.2) is 38.1 Å². The van der Waals surface area contributed by atoms with Crippen molar-refractivity contribution < 1.29 is 14.9 Å². The van der Waals surface area contributed by atoms with Gasteiger partial charge in [0.1, 0.15) is 18.4 Å². The van der Waals surface area contributed by atoms with Crippen LogP contribution in [0.1, 0.15) is 12.6 Å². The highest BCUT2D eigenvalue weighted by Crippen LogP contribution is 2.35. The van der Waals surface area contributed by atoms with Crippen molar-refractivity contribution in [3.8, 4) is 6.07 Å². The van der Waals surface area contributed by atoms with Crippen LogP contribution in [0.5, 0.6) is 0 Å². The molecule has 0 spiro atoms. The molecule has 1 fully saturated rings. The van der Waals surface area contributed by atoms with Gasteiger partial charge in [0, 0.05) is 12.6 Å². The van der Waals surface area contributed by atoms with Crippen LogP contribution in [0.3, 0.4) is 0 Å². The first kappa shape index (κ1) is 14.0. The van der Waals surface area contributed by atoms with Crippen LogP contribution in [0.15, 0.2) is 20.3 Å². The Morgan fingerprint density at radius 2 is 2.37 bits per heavy atom. The Balaban J connectivity index is 2.42. The first-order valence-electron chi connectivity index (χ1n) is 5.32. The average molecular weight is 332 g/mol. The van der Waals surface area contributed by atoms with Crippen molar-refractivity contribution in [3.63, 3.8) is 0 Å². The maximum absolute atomic E-state index is 11.7. The highest BCUT2D eigenvalue weighted by atomic mass is 79.9. The summed E-state index contributed by atoms with van der Waals surface area (Å²) in [5, 5.41) is 27.9. The maximum Gasteiger partial charge on any atom is 0.330 e. The Morgan fingerprint density at radius 1 is 1.68 bits per heavy atom. The summed E-state index contributed by atoms with van der Waals surface area (Å²) in [7, 11) is 0. The molecule has 0 bridgehead atoms. The van der Waals surface area contributed by atoms with Crippen molar-refractivity contribution in [2.24, 2.45) is 0 Å². The molecule has 1 aromatic rings. The number of halogens is 1. The minimum atomic E-state index is -1.76. The number of H-pyrrole nitrogens is 1. The van der Waals surface area contributed by atoms with Gasteiger partial charge >= 0.3 is 5.69 Å². The number of nitrogens with zero attached hydrogens (tertiary/aromatic N) is 2. The minimum Gasteiger partial charge on any atom is -0.392 e. The average Bonchev–Trinajstić information content (AvgIpc) is 2.71. The van der Waals surface area contributed by atoms with E-state index < -0.39 is 35.8 Å². The normalized spacial score (nSPS) is 30.2.